The Morgan fingerprint density at radius 1 is 1.14 bits per heavy atom. The van der Waals surface area contributed by atoms with Crippen molar-refractivity contribution < 1.29 is 19.4 Å². The standard InChI is InChI=1S/C15H26N2O4/c1-10(2)14(19)16-6-4-11(5-7-16)15(20)17-8-12(18)13(9-17)21-3/h10-13,18H,4-9H2,1-3H3/t12-,13-/m0/s1. The summed E-state index contributed by atoms with van der Waals surface area (Å²) < 4.78 is 5.17. The molecule has 120 valence electrons. The normalized spacial score (nSPS) is 27.5. The molecule has 0 aromatic carbocycles. The maximum atomic E-state index is 12.5. The highest BCUT2D eigenvalue weighted by atomic mass is 16.5. The minimum atomic E-state index is -0.596. The van der Waals surface area contributed by atoms with Gasteiger partial charge in [0.05, 0.1) is 6.10 Å². The Balaban J connectivity index is 1.85. The van der Waals surface area contributed by atoms with Gasteiger partial charge in [-0.25, -0.2) is 0 Å². The Morgan fingerprint density at radius 2 is 1.76 bits per heavy atom. The van der Waals surface area contributed by atoms with E-state index in [-0.39, 0.29) is 29.8 Å². The van der Waals surface area contributed by atoms with Crippen LogP contribution < -0.4 is 0 Å². The molecule has 2 aliphatic heterocycles. The van der Waals surface area contributed by atoms with Crippen molar-refractivity contribution >= 4 is 11.8 Å². The number of ether oxygens (including phenoxy) is 1. The molecule has 2 saturated heterocycles. The molecule has 2 fully saturated rings. The average molecular weight is 298 g/mol. The van der Waals surface area contributed by atoms with Crippen LogP contribution in [0.4, 0.5) is 0 Å². The van der Waals surface area contributed by atoms with E-state index in [0.29, 0.717) is 39.0 Å². The second kappa shape index (κ2) is 6.75. The van der Waals surface area contributed by atoms with E-state index in [4.69, 9.17) is 4.74 Å². The molecule has 0 bridgehead atoms. The molecule has 2 atom stereocenters. The number of carbonyl (C=O) groups excluding carboxylic acids is 2. The monoisotopic (exact) mass is 298 g/mol. The number of piperidine rings is 1. The molecule has 0 saturated carbocycles. The second-order valence-corrected chi connectivity index (χ2v) is 6.34. The number of nitrogens with zero attached hydrogens (tertiary/aromatic N) is 2. The van der Waals surface area contributed by atoms with E-state index in [9.17, 15) is 14.7 Å². The highest BCUT2D eigenvalue weighted by Crippen LogP contribution is 2.23. The third-order valence-electron chi connectivity index (χ3n) is 4.50. The van der Waals surface area contributed by atoms with Crippen LogP contribution >= 0.6 is 0 Å². The van der Waals surface area contributed by atoms with Crippen molar-refractivity contribution in [3.8, 4) is 0 Å². The van der Waals surface area contributed by atoms with Crippen LogP contribution in [0.5, 0.6) is 0 Å². The maximum Gasteiger partial charge on any atom is 0.225 e. The third-order valence-corrected chi connectivity index (χ3v) is 4.50. The molecule has 2 rings (SSSR count). The van der Waals surface area contributed by atoms with Gasteiger partial charge in [-0.3, -0.25) is 9.59 Å². The zero-order valence-electron chi connectivity index (χ0n) is 13.1. The highest BCUT2D eigenvalue weighted by molar-refractivity contribution is 5.81. The SMILES string of the molecule is CO[C@H]1CN(C(=O)C2CCN(C(=O)C(C)C)CC2)C[C@@H]1O. The summed E-state index contributed by atoms with van der Waals surface area (Å²) in [5.41, 5.74) is 0. The summed E-state index contributed by atoms with van der Waals surface area (Å²) in [6.07, 6.45) is 0.543. The summed E-state index contributed by atoms with van der Waals surface area (Å²) in [6.45, 7) is 5.91. The van der Waals surface area contributed by atoms with Crippen LogP contribution in [0.2, 0.25) is 0 Å². The van der Waals surface area contributed by atoms with Crippen LogP contribution in [-0.4, -0.2) is 72.2 Å². The molecule has 0 aromatic heterocycles. The van der Waals surface area contributed by atoms with Crippen LogP contribution in [0.1, 0.15) is 26.7 Å². The van der Waals surface area contributed by atoms with Crippen LogP contribution in [-0.2, 0) is 14.3 Å². The predicted molar refractivity (Wildman–Crippen MR) is 77.5 cm³/mol. The molecule has 6 heteroatoms. The number of likely N-dealkylation sites (tertiary alicyclic amines) is 2. The van der Waals surface area contributed by atoms with Crippen molar-refractivity contribution in [3.05, 3.63) is 0 Å². The number of hydrogen-bond donors (Lipinski definition) is 1. The first-order valence-corrected chi connectivity index (χ1v) is 7.72. The second-order valence-electron chi connectivity index (χ2n) is 6.34. The molecular formula is C15H26N2O4. The number of methoxy groups -OCH3 is 1. The molecule has 0 spiro atoms. The van der Waals surface area contributed by atoms with Gasteiger partial charge in [0.1, 0.15) is 6.10 Å². The van der Waals surface area contributed by atoms with Crippen LogP contribution in [0.15, 0.2) is 0 Å². The van der Waals surface area contributed by atoms with Gasteiger partial charge in [0.25, 0.3) is 0 Å². The molecule has 1 N–H and O–H groups in total. The van der Waals surface area contributed by atoms with Gasteiger partial charge in [-0.05, 0) is 12.8 Å². The summed E-state index contributed by atoms with van der Waals surface area (Å²) in [4.78, 5) is 28.0. The van der Waals surface area contributed by atoms with E-state index in [2.05, 4.69) is 0 Å². The summed E-state index contributed by atoms with van der Waals surface area (Å²) in [5.74, 6) is 0.222. The van der Waals surface area contributed by atoms with Gasteiger partial charge in [0.15, 0.2) is 0 Å². The Hall–Kier alpha value is -1.14. The zero-order valence-corrected chi connectivity index (χ0v) is 13.1. The van der Waals surface area contributed by atoms with Crippen LogP contribution in [0.25, 0.3) is 0 Å². The zero-order chi connectivity index (χ0) is 15.6. The third kappa shape index (κ3) is 3.55. The van der Waals surface area contributed by atoms with Gasteiger partial charge in [-0.2, -0.15) is 0 Å². The molecule has 6 nitrogen and oxygen atoms in total. The maximum absolute atomic E-state index is 12.5. The van der Waals surface area contributed by atoms with Crippen molar-refractivity contribution in [2.75, 3.05) is 33.3 Å². The summed E-state index contributed by atoms with van der Waals surface area (Å²) >= 11 is 0. The van der Waals surface area contributed by atoms with Gasteiger partial charge < -0.3 is 19.6 Å². The largest absolute Gasteiger partial charge is 0.388 e. The molecule has 0 unspecified atom stereocenters. The average Bonchev–Trinajstić information content (AvgIpc) is 2.87. The number of amides is 2. The molecule has 21 heavy (non-hydrogen) atoms. The van der Waals surface area contributed by atoms with Crippen molar-refractivity contribution in [1.82, 2.24) is 9.80 Å². The van der Waals surface area contributed by atoms with Gasteiger partial charge >= 0.3 is 0 Å². The van der Waals surface area contributed by atoms with E-state index in [1.807, 2.05) is 18.7 Å². The van der Waals surface area contributed by atoms with Gasteiger partial charge in [0, 0.05) is 45.1 Å². The number of aliphatic hydroxyl groups is 1. The summed E-state index contributed by atoms with van der Waals surface area (Å²) in [5, 5.41) is 9.81. The van der Waals surface area contributed by atoms with Crippen molar-refractivity contribution in [2.45, 2.75) is 38.9 Å². The quantitative estimate of drug-likeness (QED) is 0.802. The fourth-order valence-corrected chi connectivity index (χ4v) is 3.14. The van der Waals surface area contributed by atoms with E-state index in [0.717, 1.165) is 0 Å². The molecular weight excluding hydrogens is 272 g/mol. The Labute approximate surface area is 126 Å². The molecule has 0 radical (unpaired) electrons. The lowest BCUT2D eigenvalue weighted by Gasteiger charge is -2.34. The smallest absolute Gasteiger partial charge is 0.225 e. The fraction of sp³-hybridized carbons (Fsp3) is 0.867. The van der Waals surface area contributed by atoms with Crippen molar-refractivity contribution in [1.29, 1.82) is 0 Å². The number of carbonyl (C=O) groups is 2. The molecule has 2 amide bonds. The van der Waals surface area contributed by atoms with Crippen LogP contribution in [0.3, 0.4) is 0 Å². The first-order chi connectivity index (χ1) is 9.93. The first-order valence-electron chi connectivity index (χ1n) is 7.72. The Kier molecular flexibility index (Phi) is 5.22. The highest BCUT2D eigenvalue weighted by Gasteiger charge is 2.38. The van der Waals surface area contributed by atoms with E-state index < -0.39 is 6.10 Å². The lowest BCUT2D eigenvalue weighted by atomic mass is 9.94. The van der Waals surface area contributed by atoms with Crippen molar-refractivity contribution in [3.63, 3.8) is 0 Å². The first kappa shape index (κ1) is 16.2. The summed E-state index contributed by atoms with van der Waals surface area (Å²) in [7, 11) is 1.55. The summed E-state index contributed by atoms with van der Waals surface area (Å²) in [6, 6.07) is 0. The molecule has 0 aromatic rings. The van der Waals surface area contributed by atoms with Gasteiger partial charge in [-0.15, -0.1) is 0 Å². The van der Waals surface area contributed by atoms with Gasteiger partial charge in [0.2, 0.25) is 11.8 Å². The lowest BCUT2D eigenvalue weighted by Crippen LogP contribution is -2.45. The Morgan fingerprint density at radius 3 is 2.24 bits per heavy atom. The lowest BCUT2D eigenvalue weighted by molar-refractivity contribution is -0.141. The molecule has 2 heterocycles. The Bertz CT molecular complexity index is 391. The van der Waals surface area contributed by atoms with Gasteiger partial charge in [-0.1, -0.05) is 13.8 Å². The molecule has 2 aliphatic rings. The van der Waals surface area contributed by atoms with Crippen molar-refractivity contribution in [2.24, 2.45) is 11.8 Å². The minimum absolute atomic E-state index is 0.00782. The minimum Gasteiger partial charge on any atom is -0.388 e. The van der Waals surface area contributed by atoms with Crippen LogP contribution in [0, 0.1) is 11.8 Å². The van der Waals surface area contributed by atoms with E-state index in [1.54, 1.807) is 12.0 Å². The number of aliphatic hydroxyl groups excluding tert-OH is 1. The fourth-order valence-electron chi connectivity index (χ4n) is 3.14. The molecule has 0 aliphatic carbocycles. The van der Waals surface area contributed by atoms with E-state index >= 15 is 0 Å². The topological polar surface area (TPSA) is 70.1 Å². The number of hydrogen-bond acceptors (Lipinski definition) is 4. The van der Waals surface area contributed by atoms with E-state index in [1.165, 1.54) is 0 Å². The predicted octanol–water partition coefficient (Wildman–Crippen LogP) is 0.0991. The number of rotatable bonds is 3. The number of β-amino-alcohol motifs (C(OH)–C–C–N with tert-alkyl or cyclic N) is 1.